The Morgan fingerprint density at radius 2 is 1.48 bits per heavy atom. The Labute approximate surface area is 199 Å². The molecular formula is C23H16Cl4N2O2. The van der Waals surface area contributed by atoms with Gasteiger partial charge in [0.25, 0.3) is 5.91 Å². The van der Waals surface area contributed by atoms with Gasteiger partial charge in [0, 0.05) is 32.1 Å². The normalized spacial score (nSPS) is 18.4. The molecule has 1 N–H and O–H groups in total. The summed E-state index contributed by atoms with van der Waals surface area (Å²) in [6.45, 7) is 1.70. The number of amides is 3. The number of halogens is 4. The van der Waals surface area contributed by atoms with Crippen LogP contribution in [0.2, 0.25) is 20.1 Å². The maximum Gasteiger partial charge on any atom is 0.329 e. The molecule has 4 rings (SSSR count). The van der Waals surface area contributed by atoms with Crippen molar-refractivity contribution in [3.05, 3.63) is 86.3 Å². The molecule has 3 amide bonds. The third-order valence-electron chi connectivity index (χ3n) is 5.12. The van der Waals surface area contributed by atoms with Gasteiger partial charge in [0.15, 0.2) is 0 Å². The number of carbonyl (C=O) groups is 2. The number of hydrogen-bond donors (Lipinski definition) is 1. The quantitative estimate of drug-likeness (QED) is 0.397. The van der Waals surface area contributed by atoms with Crippen molar-refractivity contribution in [1.82, 2.24) is 5.32 Å². The molecular weight excluding hydrogens is 478 g/mol. The van der Waals surface area contributed by atoms with Crippen LogP contribution >= 0.6 is 46.4 Å². The van der Waals surface area contributed by atoms with E-state index in [1.807, 2.05) is 30.3 Å². The highest BCUT2D eigenvalue weighted by molar-refractivity contribution is 6.36. The predicted octanol–water partition coefficient (Wildman–Crippen LogP) is 7.02. The SMILES string of the molecule is CC1(Cc2ccc(-c3ccc(Cl)cc3Cl)cc2)NC(=O)N(c2cc(Cl)cc(Cl)c2)C1=O. The van der Waals surface area contributed by atoms with E-state index in [0.717, 1.165) is 21.6 Å². The molecule has 1 aliphatic heterocycles. The van der Waals surface area contributed by atoms with Crippen molar-refractivity contribution < 1.29 is 9.59 Å². The second-order valence-corrected chi connectivity index (χ2v) is 9.24. The number of urea groups is 1. The predicted molar refractivity (Wildman–Crippen MR) is 126 cm³/mol. The van der Waals surface area contributed by atoms with Gasteiger partial charge in [-0.25, -0.2) is 9.69 Å². The molecule has 1 heterocycles. The first-order valence-electron chi connectivity index (χ1n) is 9.33. The van der Waals surface area contributed by atoms with Crippen LogP contribution in [-0.4, -0.2) is 17.5 Å². The molecule has 0 spiro atoms. The number of hydrogen-bond acceptors (Lipinski definition) is 2. The highest BCUT2D eigenvalue weighted by Gasteiger charge is 2.48. The van der Waals surface area contributed by atoms with E-state index in [2.05, 4.69) is 5.32 Å². The van der Waals surface area contributed by atoms with Gasteiger partial charge in [-0.15, -0.1) is 0 Å². The number of rotatable bonds is 4. The minimum atomic E-state index is -1.11. The van der Waals surface area contributed by atoms with Crippen LogP contribution in [0.15, 0.2) is 60.7 Å². The lowest BCUT2D eigenvalue weighted by Crippen LogP contribution is -2.46. The van der Waals surface area contributed by atoms with Crippen LogP contribution in [0.25, 0.3) is 11.1 Å². The fourth-order valence-electron chi connectivity index (χ4n) is 3.64. The molecule has 3 aromatic rings. The van der Waals surface area contributed by atoms with Crippen molar-refractivity contribution in [1.29, 1.82) is 0 Å². The third kappa shape index (κ3) is 4.39. The Kier molecular flexibility index (Phi) is 5.93. The Bertz CT molecular complexity index is 1180. The summed E-state index contributed by atoms with van der Waals surface area (Å²) in [6, 6.07) is 17.1. The first-order valence-corrected chi connectivity index (χ1v) is 10.8. The number of benzene rings is 3. The van der Waals surface area contributed by atoms with Gasteiger partial charge in [-0.3, -0.25) is 4.79 Å². The Morgan fingerprint density at radius 1 is 0.839 bits per heavy atom. The monoisotopic (exact) mass is 492 g/mol. The van der Waals surface area contributed by atoms with E-state index in [4.69, 9.17) is 46.4 Å². The van der Waals surface area contributed by atoms with Gasteiger partial charge in [0.2, 0.25) is 0 Å². The zero-order chi connectivity index (χ0) is 22.3. The Morgan fingerprint density at radius 3 is 2.10 bits per heavy atom. The lowest BCUT2D eigenvalue weighted by atomic mass is 9.91. The molecule has 1 fully saturated rings. The van der Waals surface area contributed by atoms with Gasteiger partial charge in [-0.2, -0.15) is 0 Å². The average Bonchev–Trinajstić information content (AvgIpc) is 2.90. The van der Waals surface area contributed by atoms with E-state index in [-0.39, 0.29) is 5.91 Å². The Hall–Kier alpha value is -2.24. The van der Waals surface area contributed by atoms with Crippen molar-refractivity contribution in [3.63, 3.8) is 0 Å². The van der Waals surface area contributed by atoms with Crippen LogP contribution in [0.3, 0.4) is 0 Å². The van der Waals surface area contributed by atoms with E-state index < -0.39 is 11.6 Å². The summed E-state index contributed by atoms with van der Waals surface area (Å²) < 4.78 is 0. The molecule has 1 unspecified atom stereocenters. The van der Waals surface area contributed by atoms with E-state index in [9.17, 15) is 9.59 Å². The highest BCUT2D eigenvalue weighted by atomic mass is 35.5. The molecule has 0 aromatic heterocycles. The summed E-state index contributed by atoms with van der Waals surface area (Å²) in [6.07, 6.45) is 0.316. The van der Waals surface area contributed by atoms with Crippen LogP contribution in [0.1, 0.15) is 12.5 Å². The van der Waals surface area contributed by atoms with Crippen LogP contribution < -0.4 is 10.2 Å². The van der Waals surface area contributed by atoms with Gasteiger partial charge in [0.05, 0.1) is 5.69 Å². The standard InChI is InChI=1S/C23H16Cl4N2O2/c1-23(21(30)29(22(31)28-23)18-9-16(25)8-17(26)10-18)12-13-2-4-14(5-3-13)19-7-6-15(24)11-20(19)27/h2-11H,12H2,1H3,(H,28,31). The topological polar surface area (TPSA) is 49.4 Å². The minimum absolute atomic E-state index is 0.316. The number of anilines is 1. The summed E-state index contributed by atoms with van der Waals surface area (Å²) in [4.78, 5) is 26.8. The number of nitrogens with zero attached hydrogens (tertiary/aromatic N) is 1. The summed E-state index contributed by atoms with van der Waals surface area (Å²) in [5.41, 5.74) is 1.89. The van der Waals surface area contributed by atoms with Gasteiger partial charge >= 0.3 is 6.03 Å². The molecule has 0 radical (unpaired) electrons. The van der Waals surface area contributed by atoms with Crippen LogP contribution in [-0.2, 0) is 11.2 Å². The van der Waals surface area contributed by atoms with E-state index in [1.165, 1.54) is 12.1 Å². The van der Waals surface area contributed by atoms with Crippen molar-refractivity contribution >= 4 is 64.0 Å². The second-order valence-electron chi connectivity index (χ2n) is 7.53. The van der Waals surface area contributed by atoms with Crippen LogP contribution in [0, 0.1) is 0 Å². The zero-order valence-electron chi connectivity index (χ0n) is 16.3. The van der Waals surface area contributed by atoms with Gasteiger partial charge in [-0.1, -0.05) is 76.7 Å². The van der Waals surface area contributed by atoms with E-state index in [1.54, 1.807) is 25.1 Å². The molecule has 4 nitrogen and oxygen atoms in total. The third-order valence-corrected chi connectivity index (χ3v) is 6.10. The first kappa shape index (κ1) is 22.0. The van der Waals surface area contributed by atoms with Gasteiger partial charge in [-0.05, 0) is 48.4 Å². The molecule has 158 valence electrons. The maximum absolute atomic E-state index is 13.2. The van der Waals surface area contributed by atoms with E-state index >= 15 is 0 Å². The smallest absolute Gasteiger partial charge is 0.323 e. The largest absolute Gasteiger partial charge is 0.329 e. The van der Waals surface area contributed by atoms with Crippen LogP contribution in [0.5, 0.6) is 0 Å². The van der Waals surface area contributed by atoms with Gasteiger partial charge < -0.3 is 5.32 Å². The number of carbonyl (C=O) groups excluding carboxylic acids is 2. The number of nitrogens with one attached hydrogen (secondary N) is 1. The molecule has 3 aromatic carbocycles. The van der Waals surface area contributed by atoms with Crippen LogP contribution in [0.4, 0.5) is 10.5 Å². The van der Waals surface area contributed by atoms with Crippen molar-refractivity contribution in [2.75, 3.05) is 4.90 Å². The molecule has 1 saturated heterocycles. The minimum Gasteiger partial charge on any atom is -0.323 e. The number of imide groups is 1. The summed E-state index contributed by atoms with van der Waals surface area (Å²) in [5, 5.41) is 4.60. The maximum atomic E-state index is 13.2. The average molecular weight is 494 g/mol. The summed E-state index contributed by atoms with van der Waals surface area (Å²) in [7, 11) is 0. The zero-order valence-corrected chi connectivity index (χ0v) is 19.3. The van der Waals surface area contributed by atoms with Crippen molar-refractivity contribution in [2.24, 2.45) is 0 Å². The molecule has 31 heavy (non-hydrogen) atoms. The fourth-order valence-corrected chi connectivity index (χ4v) is 4.67. The second kappa shape index (κ2) is 8.36. The van der Waals surface area contributed by atoms with Crippen molar-refractivity contribution in [3.8, 4) is 11.1 Å². The summed E-state index contributed by atoms with van der Waals surface area (Å²) >= 11 is 24.3. The molecule has 0 bridgehead atoms. The molecule has 8 heteroatoms. The lowest BCUT2D eigenvalue weighted by Gasteiger charge is -2.22. The van der Waals surface area contributed by atoms with Gasteiger partial charge in [0.1, 0.15) is 5.54 Å². The molecule has 1 atom stereocenters. The molecule has 0 saturated carbocycles. The molecule has 0 aliphatic carbocycles. The van der Waals surface area contributed by atoms with Crippen molar-refractivity contribution in [2.45, 2.75) is 18.9 Å². The Balaban J connectivity index is 1.57. The summed E-state index contributed by atoms with van der Waals surface area (Å²) in [5.74, 6) is -0.374. The fraction of sp³-hybridized carbons (Fsp3) is 0.130. The lowest BCUT2D eigenvalue weighted by molar-refractivity contribution is -0.121. The highest BCUT2D eigenvalue weighted by Crippen LogP contribution is 2.33. The first-order chi connectivity index (χ1) is 14.7. The van der Waals surface area contributed by atoms with E-state index in [0.29, 0.717) is 32.2 Å². The molecule has 1 aliphatic rings.